The number of rotatable bonds is 2. The molecule has 0 radical (unpaired) electrons. The molecule has 0 saturated carbocycles. The average Bonchev–Trinajstić information content (AvgIpc) is 2.95. The van der Waals surface area contributed by atoms with Gasteiger partial charge in [-0.15, -0.1) is 23.7 Å². The van der Waals surface area contributed by atoms with Crippen molar-refractivity contribution in [2.24, 2.45) is 5.73 Å². The first-order valence-electron chi connectivity index (χ1n) is 5.80. The Kier molecular flexibility index (Phi) is 4.24. The molecule has 2 heterocycles. The van der Waals surface area contributed by atoms with Crippen LogP contribution in [0.15, 0.2) is 23.0 Å². The number of aryl methyl sites for hydroxylation is 1. The van der Waals surface area contributed by atoms with E-state index >= 15 is 0 Å². The first-order valence-corrected chi connectivity index (χ1v) is 6.62. The van der Waals surface area contributed by atoms with Gasteiger partial charge >= 0.3 is 0 Å². The molecule has 3 N–H and O–H groups in total. The second kappa shape index (κ2) is 5.73. The number of hydrogen-bond donors (Lipinski definition) is 2. The van der Waals surface area contributed by atoms with Crippen molar-refractivity contribution >= 4 is 34.8 Å². The van der Waals surface area contributed by atoms with E-state index in [0.29, 0.717) is 10.7 Å². The van der Waals surface area contributed by atoms with Crippen LogP contribution in [0.5, 0.6) is 0 Å². The predicted octanol–water partition coefficient (Wildman–Crippen LogP) is 2.23. The number of thiazole rings is 1. The van der Waals surface area contributed by atoms with Gasteiger partial charge in [0.05, 0.1) is 17.5 Å². The molecule has 19 heavy (non-hydrogen) atoms. The maximum atomic E-state index is 11.8. The Morgan fingerprint density at radius 3 is 3.16 bits per heavy atom. The van der Waals surface area contributed by atoms with Crippen LogP contribution in [0.4, 0.5) is 5.13 Å². The fourth-order valence-corrected chi connectivity index (χ4v) is 3.11. The molecule has 2 aromatic heterocycles. The SMILES string of the molecule is Cl.N[C@H]1CCc2nc(NC(=O)c3ccoc3)sc2C1. The van der Waals surface area contributed by atoms with Gasteiger partial charge in [0, 0.05) is 10.9 Å². The van der Waals surface area contributed by atoms with Crippen LogP contribution in [0.3, 0.4) is 0 Å². The zero-order valence-corrected chi connectivity index (χ0v) is 11.7. The second-order valence-corrected chi connectivity index (χ2v) is 5.44. The lowest BCUT2D eigenvalue weighted by Gasteiger charge is -2.15. The van der Waals surface area contributed by atoms with Crippen molar-refractivity contribution in [1.29, 1.82) is 0 Å². The zero-order chi connectivity index (χ0) is 12.5. The number of amides is 1. The number of halogens is 1. The third-order valence-electron chi connectivity index (χ3n) is 2.98. The lowest BCUT2D eigenvalue weighted by atomic mass is 9.99. The number of nitrogens with two attached hydrogens (primary N) is 1. The number of carbonyl (C=O) groups is 1. The highest BCUT2D eigenvalue weighted by molar-refractivity contribution is 7.15. The Hall–Kier alpha value is -1.37. The molecule has 1 amide bonds. The average molecular weight is 300 g/mol. The second-order valence-electron chi connectivity index (χ2n) is 4.36. The molecule has 1 aliphatic rings. The number of anilines is 1. The largest absolute Gasteiger partial charge is 0.472 e. The number of furan rings is 1. The Balaban J connectivity index is 0.00000133. The summed E-state index contributed by atoms with van der Waals surface area (Å²) >= 11 is 1.51. The highest BCUT2D eigenvalue weighted by atomic mass is 35.5. The van der Waals surface area contributed by atoms with Gasteiger partial charge in [0.2, 0.25) is 0 Å². The maximum Gasteiger partial charge on any atom is 0.260 e. The van der Waals surface area contributed by atoms with E-state index in [9.17, 15) is 4.79 Å². The van der Waals surface area contributed by atoms with E-state index in [1.54, 1.807) is 6.07 Å². The van der Waals surface area contributed by atoms with Crippen LogP contribution >= 0.6 is 23.7 Å². The van der Waals surface area contributed by atoms with Crippen LogP contribution < -0.4 is 11.1 Å². The fourth-order valence-electron chi connectivity index (χ4n) is 2.02. The van der Waals surface area contributed by atoms with Crippen molar-refractivity contribution in [3.05, 3.63) is 34.7 Å². The van der Waals surface area contributed by atoms with Crippen molar-refractivity contribution in [3.63, 3.8) is 0 Å². The molecule has 0 aliphatic heterocycles. The lowest BCUT2D eigenvalue weighted by Crippen LogP contribution is -2.27. The molecule has 0 unspecified atom stereocenters. The van der Waals surface area contributed by atoms with E-state index in [0.717, 1.165) is 25.0 Å². The summed E-state index contributed by atoms with van der Waals surface area (Å²) in [4.78, 5) is 17.4. The molecule has 1 atom stereocenters. The van der Waals surface area contributed by atoms with Crippen LogP contribution in [-0.2, 0) is 12.8 Å². The minimum atomic E-state index is -0.195. The van der Waals surface area contributed by atoms with Gasteiger partial charge in [0.15, 0.2) is 5.13 Å². The van der Waals surface area contributed by atoms with Gasteiger partial charge in [-0.3, -0.25) is 10.1 Å². The van der Waals surface area contributed by atoms with Crippen LogP contribution in [-0.4, -0.2) is 16.9 Å². The van der Waals surface area contributed by atoms with Crippen LogP contribution in [0.25, 0.3) is 0 Å². The first-order chi connectivity index (χ1) is 8.72. The number of carbonyl (C=O) groups excluding carboxylic acids is 1. The van der Waals surface area contributed by atoms with E-state index in [-0.39, 0.29) is 24.4 Å². The molecule has 0 bridgehead atoms. The lowest BCUT2D eigenvalue weighted by molar-refractivity contribution is 0.102. The van der Waals surface area contributed by atoms with Crippen molar-refractivity contribution in [2.75, 3.05) is 5.32 Å². The Morgan fingerprint density at radius 1 is 1.58 bits per heavy atom. The smallest absolute Gasteiger partial charge is 0.260 e. The number of fused-ring (bicyclic) bond motifs is 1. The standard InChI is InChI=1S/C12H13N3O2S.ClH/c13-8-1-2-9-10(5-8)18-12(14-9)15-11(16)7-3-4-17-6-7;/h3-4,6,8H,1-2,5,13H2,(H,14,15,16);1H/t8-;/m0./s1. The van der Waals surface area contributed by atoms with Gasteiger partial charge in [0.1, 0.15) is 6.26 Å². The number of nitrogens with zero attached hydrogens (tertiary/aromatic N) is 1. The van der Waals surface area contributed by atoms with Gasteiger partial charge in [0.25, 0.3) is 5.91 Å². The molecule has 2 aromatic rings. The zero-order valence-electron chi connectivity index (χ0n) is 10.1. The predicted molar refractivity (Wildman–Crippen MR) is 76.0 cm³/mol. The molecule has 0 fully saturated rings. The van der Waals surface area contributed by atoms with Crippen LogP contribution in [0.1, 0.15) is 27.3 Å². The fraction of sp³-hybridized carbons (Fsp3) is 0.333. The highest BCUT2D eigenvalue weighted by Crippen LogP contribution is 2.29. The Labute approximate surface area is 120 Å². The molecular weight excluding hydrogens is 286 g/mol. The first kappa shape index (κ1) is 14.0. The molecule has 0 saturated heterocycles. The summed E-state index contributed by atoms with van der Waals surface area (Å²) in [5.41, 5.74) is 7.49. The molecule has 3 rings (SSSR count). The molecule has 0 aromatic carbocycles. The van der Waals surface area contributed by atoms with Crippen molar-refractivity contribution in [1.82, 2.24) is 4.98 Å². The van der Waals surface area contributed by atoms with Crippen molar-refractivity contribution in [3.8, 4) is 0 Å². The molecule has 7 heteroatoms. The normalized spacial score (nSPS) is 17.4. The van der Waals surface area contributed by atoms with E-state index in [2.05, 4.69) is 10.3 Å². The summed E-state index contributed by atoms with van der Waals surface area (Å²) in [5, 5.41) is 3.42. The van der Waals surface area contributed by atoms with Gasteiger partial charge < -0.3 is 10.2 Å². The Morgan fingerprint density at radius 2 is 2.42 bits per heavy atom. The van der Waals surface area contributed by atoms with E-state index in [1.807, 2.05) is 0 Å². The molecule has 1 aliphatic carbocycles. The number of aromatic nitrogens is 1. The van der Waals surface area contributed by atoms with E-state index in [4.69, 9.17) is 10.2 Å². The molecular formula is C12H14ClN3O2S. The monoisotopic (exact) mass is 299 g/mol. The van der Waals surface area contributed by atoms with E-state index < -0.39 is 0 Å². The van der Waals surface area contributed by atoms with Crippen molar-refractivity contribution in [2.45, 2.75) is 25.3 Å². The highest BCUT2D eigenvalue weighted by Gasteiger charge is 2.21. The summed E-state index contributed by atoms with van der Waals surface area (Å²) in [5.74, 6) is -0.195. The third-order valence-corrected chi connectivity index (χ3v) is 4.02. The summed E-state index contributed by atoms with van der Waals surface area (Å²) < 4.78 is 4.87. The maximum absolute atomic E-state index is 11.8. The van der Waals surface area contributed by atoms with Gasteiger partial charge in [-0.2, -0.15) is 0 Å². The minimum absolute atomic E-state index is 0. The van der Waals surface area contributed by atoms with E-state index in [1.165, 1.54) is 28.7 Å². The van der Waals surface area contributed by atoms with Gasteiger partial charge in [-0.25, -0.2) is 4.98 Å². The summed E-state index contributed by atoms with van der Waals surface area (Å²) in [6, 6.07) is 1.84. The van der Waals surface area contributed by atoms with Gasteiger partial charge in [-0.05, 0) is 25.3 Å². The van der Waals surface area contributed by atoms with Crippen LogP contribution in [0, 0.1) is 0 Å². The quantitative estimate of drug-likeness (QED) is 0.891. The molecule has 102 valence electrons. The van der Waals surface area contributed by atoms with Crippen molar-refractivity contribution < 1.29 is 9.21 Å². The summed E-state index contributed by atoms with van der Waals surface area (Å²) in [6.07, 6.45) is 5.61. The summed E-state index contributed by atoms with van der Waals surface area (Å²) in [7, 11) is 0. The molecule has 5 nitrogen and oxygen atoms in total. The minimum Gasteiger partial charge on any atom is -0.472 e. The number of nitrogens with one attached hydrogen (secondary N) is 1. The Bertz CT molecular complexity index is 568. The van der Waals surface area contributed by atoms with Crippen LogP contribution in [0.2, 0.25) is 0 Å². The third kappa shape index (κ3) is 2.97. The summed E-state index contributed by atoms with van der Waals surface area (Å²) in [6.45, 7) is 0. The number of hydrogen-bond acceptors (Lipinski definition) is 5. The topological polar surface area (TPSA) is 81.1 Å². The molecule has 0 spiro atoms. The van der Waals surface area contributed by atoms with Gasteiger partial charge in [-0.1, -0.05) is 0 Å².